The molecule has 0 aliphatic carbocycles. The van der Waals surface area contributed by atoms with Crippen LogP contribution >= 0.6 is 0 Å². The highest BCUT2D eigenvalue weighted by Crippen LogP contribution is 1.71. The van der Waals surface area contributed by atoms with Crippen molar-refractivity contribution in [2.75, 3.05) is 33.0 Å². The molecule has 0 amide bonds. The van der Waals surface area contributed by atoms with E-state index in [1.54, 1.807) is 34.6 Å². The zero-order valence-electron chi connectivity index (χ0n) is 22.6. The number of hydrogen-bond donors (Lipinski definition) is 0. The van der Waals surface area contributed by atoms with Gasteiger partial charge < -0.3 is 51.1 Å². The minimum atomic E-state index is -0.211. The van der Waals surface area contributed by atoms with Crippen molar-refractivity contribution in [3.05, 3.63) is 0 Å². The molecule has 0 fully saturated rings. The van der Waals surface area contributed by atoms with Crippen LogP contribution in [0.15, 0.2) is 0 Å². The molecule has 0 bridgehead atoms. The molecule has 0 saturated carbocycles. The van der Waals surface area contributed by atoms with Crippen LogP contribution in [0.25, 0.3) is 0 Å². The molecule has 10 N–H and O–H groups in total. The SMILES string of the molecule is CCOC(C)=O.CCOC(C)=O.CCOC(C)=O.CCOC(C)=O.CCOC(C)=O.O.O.O.O.O. The standard InChI is InChI=1S/5C4H8O2.5H2O/c5*1-3-6-4(2)5;;;;;/h5*3H2,1-2H3;5*1H2. The molecule has 15 heteroatoms. The monoisotopic (exact) mass is 530 g/mol. The predicted octanol–water partition coefficient (Wildman–Crippen LogP) is -1.28. The van der Waals surface area contributed by atoms with Crippen molar-refractivity contribution in [3.8, 4) is 0 Å². The van der Waals surface area contributed by atoms with Crippen LogP contribution in [-0.2, 0) is 47.7 Å². The first-order valence-corrected chi connectivity index (χ1v) is 9.52. The summed E-state index contributed by atoms with van der Waals surface area (Å²) in [4.78, 5) is 49.1. The van der Waals surface area contributed by atoms with Crippen LogP contribution in [0.5, 0.6) is 0 Å². The van der Waals surface area contributed by atoms with Crippen molar-refractivity contribution in [2.45, 2.75) is 69.2 Å². The number of ether oxygens (including phenoxy) is 5. The molecule has 0 unspecified atom stereocenters. The smallest absolute Gasteiger partial charge is 0.302 e. The molecule has 0 aliphatic heterocycles. The van der Waals surface area contributed by atoms with Gasteiger partial charge in [0.15, 0.2) is 0 Å². The first-order valence-electron chi connectivity index (χ1n) is 9.52. The van der Waals surface area contributed by atoms with E-state index in [1.165, 1.54) is 34.6 Å². The van der Waals surface area contributed by atoms with Crippen molar-refractivity contribution in [2.24, 2.45) is 0 Å². The Bertz CT molecular complexity index is 347. The number of hydrogen-bond acceptors (Lipinski definition) is 10. The summed E-state index contributed by atoms with van der Waals surface area (Å²) in [6.45, 7) is 18.3. The molecule has 0 saturated heterocycles. The Balaban J connectivity index is -0.0000000269. The fraction of sp³-hybridized carbons (Fsp3) is 0.750. The third kappa shape index (κ3) is 179. The van der Waals surface area contributed by atoms with Crippen LogP contribution < -0.4 is 0 Å². The van der Waals surface area contributed by atoms with Gasteiger partial charge in [-0.2, -0.15) is 0 Å². The lowest BCUT2D eigenvalue weighted by molar-refractivity contribution is -0.141. The average Bonchev–Trinajstić information content (AvgIpc) is 2.56. The van der Waals surface area contributed by atoms with Gasteiger partial charge in [-0.25, -0.2) is 0 Å². The zero-order valence-corrected chi connectivity index (χ0v) is 22.6. The van der Waals surface area contributed by atoms with Crippen molar-refractivity contribution in [1.29, 1.82) is 0 Å². The Morgan fingerprint density at radius 3 is 0.429 bits per heavy atom. The molecule has 0 rings (SSSR count). The molecule has 0 atom stereocenters. The highest BCUT2D eigenvalue weighted by atomic mass is 16.5. The molecule has 0 heterocycles. The van der Waals surface area contributed by atoms with E-state index in [-0.39, 0.29) is 57.2 Å². The van der Waals surface area contributed by atoms with Gasteiger partial charge in [0, 0.05) is 34.6 Å². The van der Waals surface area contributed by atoms with E-state index in [2.05, 4.69) is 23.7 Å². The predicted molar refractivity (Wildman–Crippen MR) is 130 cm³/mol. The second-order valence-corrected chi connectivity index (χ2v) is 4.62. The topological polar surface area (TPSA) is 289 Å². The van der Waals surface area contributed by atoms with E-state index < -0.39 is 0 Å². The number of esters is 5. The van der Waals surface area contributed by atoms with E-state index in [1.807, 2.05) is 0 Å². The Morgan fingerprint density at radius 1 is 0.343 bits per heavy atom. The zero-order chi connectivity index (χ0) is 25.0. The van der Waals surface area contributed by atoms with Gasteiger partial charge in [0.05, 0.1) is 33.0 Å². The molecule has 0 aliphatic rings. The van der Waals surface area contributed by atoms with E-state index >= 15 is 0 Å². The Hall–Kier alpha value is -2.85. The summed E-state index contributed by atoms with van der Waals surface area (Å²) >= 11 is 0. The maximum atomic E-state index is 9.82. The van der Waals surface area contributed by atoms with Crippen LogP contribution in [-0.4, -0.2) is 90.3 Å². The summed E-state index contributed by atoms with van der Waals surface area (Å²) in [5, 5.41) is 0. The summed E-state index contributed by atoms with van der Waals surface area (Å²) in [7, 11) is 0. The molecular weight excluding hydrogens is 480 g/mol. The molecular formula is C20H50O15. The van der Waals surface area contributed by atoms with E-state index in [9.17, 15) is 24.0 Å². The fourth-order valence-electron chi connectivity index (χ4n) is 1.02. The first kappa shape index (κ1) is 63.6. The summed E-state index contributed by atoms with van der Waals surface area (Å²) < 4.78 is 22.0. The lowest BCUT2D eigenvalue weighted by Gasteiger charge is -1.89. The Labute approximate surface area is 207 Å². The molecule has 0 aromatic rings. The van der Waals surface area contributed by atoms with Gasteiger partial charge in [0.1, 0.15) is 0 Å². The van der Waals surface area contributed by atoms with E-state index in [0.29, 0.717) is 33.0 Å². The lowest BCUT2D eigenvalue weighted by Crippen LogP contribution is -1.95. The summed E-state index contributed by atoms with van der Waals surface area (Å²) in [6.07, 6.45) is 0. The highest BCUT2D eigenvalue weighted by Gasteiger charge is 1.83. The highest BCUT2D eigenvalue weighted by molar-refractivity contribution is 5.66. The molecule has 0 aromatic carbocycles. The van der Waals surface area contributed by atoms with Gasteiger partial charge in [-0.1, -0.05) is 0 Å². The van der Waals surface area contributed by atoms with Crippen LogP contribution in [0.2, 0.25) is 0 Å². The van der Waals surface area contributed by atoms with Crippen molar-refractivity contribution < 1.29 is 75.0 Å². The van der Waals surface area contributed by atoms with Crippen LogP contribution in [0, 0.1) is 0 Å². The second-order valence-electron chi connectivity index (χ2n) is 4.62. The van der Waals surface area contributed by atoms with Gasteiger partial charge in [-0.15, -0.1) is 0 Å². The van der Waals surface area contributed by atoms with Crippen molar-refractivity contribution in [1.82, 2.24) is 0 Å². The fourth-order valence-corrected chi connectivity index (χ4v) is 1.02. The minimum Gasteiger partial charge on any atom is -0.466 e. The molecule has 35 heavy (non-hydrogen) atoms. The summed E-state index contributed by atoms with van der Waals surface area (Å²) in [5.74, 6) is -1.05. The van der Waals surface area contributed by atoms with E-state index in [4.69, 9.17) is 0 Å². The van der Waals surface area contributed by atoms with Crippen LogP contribution in [0.1, 0.15) is 69.2 Å². The van der Waals surface area contributed by atoms with Gasteiger partial charge in [-0.3, -0.25) is 24.0 Å². The van der Waals surface area contributed by atoms with Gasteiger partial charge in [0.2, 0.25) is 0 Å². The molecule has 0 aromatic heterocycles. The molecule has 0 radical (unpaired) electrons. The molecule has 220 valence electrons. The van der Waals surface area contributed by atoms with Crippen LogP contribution in [0.4, 0.5) is 0 Å². The molecule has 0 spiro atoms. The maximum Gasteiger partial charge on any atom is 0.302 e. The minimum absolute atomic E-state index is 0. The third-order valence-electron chi connectivity index (χ3n) is 1.74. The van der Waals surface area contributed by atoms with Crippen molar-refractivity contribution in [3.63, 3.8) is 0 Å². The number of rotatable bonds is 5. The van der Waals surface area contributed by atoms with Crippen LogP contribution in [0.3, 0.4) is 0 Å². The second kappa shape index (κ2) is 57.7. The first-order chi connectivity index (χ1) is 13.9. The maximum absolute atomic E-state index is 9.82. The quantitative estimate of drug-likeness (QED) is 0.299. The van der Waals surface area contributed by atoms with Gasteiger partial charge in [-0.05, 0) is 34.6 Å². The Morgan fingerprint density at radius 2 is 0.429 bits per heavy atom. The largest absolute Gasteiger partial charge is 0.466 e. The number of carbonyl (C=O) groups excluding carboxylic acids is 5. The average molecular weight is 531 g/mol. The van der Waals surface area contributed by atoms with Crippen molar-refractivity contribution >= 4 is 29.8 Å². The van der Waals surface area contributed by atoms with Gasteiger partial charge >= 0.3 is 29.8 Å². The molecule has 15 nitrogen and oxygen atoms in total. The van der Waals surface area contributed by atoms with Gasteiger partial charge in [0.25, 0.3) is 0 Å². The normalized spacial score (nSPS) is 6.57. The number of carbonyl (C=O) groups is 5. The van der Waals surface area contributed by atoms with E-state index in [0.717, 1.165) is 0 Å². The summed E-state index contributed by atoms with van der Waals surface area (Å²) in [6, 6.07) is 0. The lowest BCUT2D eigenvalue weighted by atomic mass is 10.8. The third-order valence-corrected chi connectivity index (χ3v) is 1.74. The summed E-state index contributed by atoms with van der Waals surface area (Å²) in [5.41, 5.74) is 0. The Kier molecular flexibility index (Phi) is 105.